The van der Waals surface area contributed by atoms with Crippen LogP contribution >= 0.6 is 24.0 Å². The van der Waals surface area contributed by atoms with E-state index < -0.39 is 0 Å². The van der Waals surface area contributed by atoms with Gasteiger partial charge in [-0.25, -0.2) is 4.79 Å². The molecule has 0 aromatic heterocycles. The Morgan fingerprint density at radius 2 is 2.08 bits per heavy atom. The van der Waals surface area contributed by atoms with Gasteiger partial charge in [-0.15, -0.1) is 24.0 Å². The average Bonchev–Trinajstić information content (AvgIpc) is 3.17. The van der Waals surface area contributed by atoms with E-state index in [4.69, 9.17) is 0 Å². The number of hydrogen-bond donors (Lipinski definition) is 2. The number of rotatable bonds is 7. The molecule has 144 valence electrons. The van der Waals surface area contributed by atoms with Gasteiger partial charge in [0.25, 0.3) is 0 Å². The van der Waals surface area contributed by atoms with Crippen molar-refractivity contribution in [2.45, 2.75) is 20.3 Å². The Labute approximate surface area is 167 Å². The van der Waals surface area contributed by atoms with E-state index in [0.29, 0.717) is 19.0 Å². The fourth-order valence-electron chi connectivity index (χ4n) is 3.31. The van der Waals surface area contributed by atoms with Crippen molar-refractivity contribution in [3.8, 4) is 0 Å². The molecule has 0 aromatic carbocycles. The molecule has 0 spiro atoms. The minimum Gasteiger partial charge on any atom is -0.354 e. The second kappa shape index (κ2) is 10.8. The highest BCUT2D eigenvalue weighted by Crippen LogP contribution is 2.17. The third kappa shape index (κ3) is 5.98. The molecule has 3 amide bonds. The van der Waals surface area contributed by atoms with Crippen molar-refractivity contribution in [1.82, 2.24) is 25.3 Å². The first-order valence-electron chi connectivity index (χ1n) is 8.85. The van der Waals surface area contributed by atoms with Crippen LogP contribution in [0.15, 0.2) is 4.99 Å². The summed E-state index contributed by atoms with van der Waals surface area (Å²) in [6.07, 6.45) is 1.17. The number of hydrogen-bond acceptors (Lipinski definition) is 4. The predicted octanol–water partition coefficient (Wildman–Crippen LogP) is 0.395. The van der Waals surface area contributed by atoms with Gasteiger partial charge in [-0.1, -0.05) is 13.8 Å². The van der Waals surface area contributed by atoms with Gasteiger partial charge in [0.2, 0.25) is 5.91 Å². The molecule has 2 fully saturated rings. The van der Waals surface area contributed by atoms with E-state index in [-0.39, 0.29) is 42.5 Å². The number of carbonyl (C=O) groups is 2. The molecule has 1 unspecified atom stereocenters. The van der Waals surface area contributed by atoms with Gasteiger partial charge < -0.3 is 20.4 Å². The fourth-order valence-corrected chi connectivity index (χ4v) is 3.31. The van der Waals surface area contributed by atoms with Crippen molar-refractivity contribution < 1.29 is 9.59 Å². The van der Waals surface area contributed by atoms with Crippen LogP contribution in [-0.2, 0) is 4.79 Å². The van der Waals surface area contributed by atoms with Crippen LogP contribution in [0, 0.1) is 5.92 Å². The molecule has 0 radical (unpaired) electrons. The number of likely N-dealkylation sites (tertiary alicyclic amines) is 1. The number of guanidine groups is 1. The van der Waals surface area contributed by atoms with Gasteiger partial charge in [0.15, 0.2) is 5.96 Å². The number of aliphatic imine (C=N–C) groups is 1. The Kier molecular flexibility index (Phi) is 9.47. The lowest BCUT2D eigenvalue weighted by molar-refractivity contribution is -0.124. The second-order valence-electron chi connectivity index (χ2n) is 6.26. The zero-order valence-electron chi connectivity index (χ0n) is 15.5. The zero-order chi connectivity index (χ0) is 17.5. The molecule has 2 heterocycles. The first-order chi connectivity index (χ1) is 11.6. The number of carbonyl (C=O) groups excluding carboxylic acids is 2. The summed E-state index contributed by atoms with van der Waals surface area (Å²) in [6, 6.07) is -0.308. The molecule has 2 rings (SSSR count). The van der Waals surface area contributed by atoms with Crippen LogP contribution in [-0.4, -0.2) is 92.0 Å². The van der Waals surface area contributed by atoms with Crippen molar-refractivity contribution in [3.05, 3.63) is 0 Å². The molecule has 0 aromatic rings. The minimum atomic E-state index is -0.308. The Bertz CT molecular complexity index is 467. The summed E-state index contributed by atoms with van der Waals surface area (Å²) in [4.78, 5) is 33.4. The summed E-state index contributed by atoms with van der Waals surface area (Å²) in [6.45, 7) is 10.7. The van der Waals surface area contributed by atoms with Crippen LogP contribution in [0.1, 0.15) is 20.3 Å². The van der Waals surface area contributed by atoms with Crippen LogP contribution in [0.25, 0.3) is 0 Å². The van der Waals surface area contributed by atoms with E-state index in [9.17, 15) is 9.59 Å². The lowest BCUT2D eigenvalue weighted by Crippen LogP contribution is -2.44. The van der Waals surface area contributed by atoms with Crippen LogP contribution in [0.5, 0.6) is 0 Å². The first-order valence-corrected chi connectivity index (χ1v) is 8.85. The molecule has 2 aliphatic heterocycles. The molecule has 0 saturated carbocycles. The van der Waals surface area contributed by atoms with E-state index in [1.807, 2.05) is 0 Å². The molecule has 2 saturated heterocycles. The van der Waals surface area contributed by atoms with Crippen LogP contribution in [0.4, 0.5) is 4.79 Å². The third-order valence-corrected chi connectivity index (χ3v) is 4.76. The fraction of sp³-hybridized carbons (Fsp3) is 0.812. The molecule has 2 aliphatic rings. The van der Waals surface area contributed by atoms with E-state index in [1.165, 1.54) is 11.3 Å². The quantitative estimate of drug-likeness (QED) is 0.246. The largest absolute Gasteiger partial charge is 0.354 e. The summed E-state index contributed by atoms with van der Waals surface area (Å²) in [5.74, 6) is 1.34. The second-order valence-corrected chi connectivity index (χ2v) is 6.26. The number of halogens is 1. The highest BCUT2D eigenvalue weighted by molar-refractivity contribution is 14.0. The van der Waals surface area contributed by atoms with Gasteiger partial charge >= 0.3 is 6.03 Å². The van der Waals surface area contributed by atoms with E-state index in [1.54, 1.807) is 7.05 Å². The Balaban J connectivity index is 0.00000312. The number of amides is 3. The van der Waals surface area contributed by atoms with E-state index >= 15 is 0 Å². The molecule has 25 heavy (non-hydrogen) atoms. The maximum absolute atomic E-state index is 11.6. The molecule has 0 bridgehead atoms. The summed E-state index contributed by atoms with van der Waals surface area (Å²) >= 11 is 0. The highest BCUT2D eigenvalue weighted by atomic mass is 127. The van der Waals surface area contributed by atoms with Crippen LogP contribution in [0.3, 0.4) is 0 Å². The highest BCUT2D eigenvalue weighted by Gasteiger charge is 2.29. The van der Waals surface area contributed by atoms with E-state index in [0.717, 1.165) is 38.7 Å². The van der Waals surface area contributed by atoms with Gasteiger partial charge in [-0.05, 0) is 25.4 Å². The average molecular weight is 466 g/mol. The normalized spacial score (nSPS) is 21.0. The van der Waals surface area contributed by atoms with Crippen molar-refractivity contribution >= 4 is 41.9 Å². The molecule has 1 atom stereocenters. The molecule has 0 aliphatic carbocycles. The summed E-state index contributed by atoms with van der Waals surface area (Å²) in [5.41, 5.74) is 0. The van der Waals surface area contributed by atoms with Crippen LogP contribution in [0.2, 0.25) is 0 Å². The van der Waals surface area contributed by atoms with Crippen molar-refractivity contribution in [2.24, 2.45) is 10.9 Å². The lowest BCUT2D eigenvalue weighted by Gasteiger charge is -2.24. The maximum atomic E-state index is 11.6. The van der Waals surface area contributed by atoms with Gasteiger partial charge in [0.1, 0.15) is 0 Å². The van der Waals surface area contributed by atoms with Crippen molar-refractivity contribution in [1.29, 1.82) is 0 Å². The van der Waals surface area contributed by atoms with Crippen LogP contribution < -0.4 is 10.6 Å². The zero-order valence-corrected chi connectivity index (χ0v) is 17.8. The number of imide groups is 1. The minimum absolute atomic E-state index is 0. The summed E-state index contributed by atoms with van der Waals surface area (Å²) < 4.78 is 0. The monoisotopic (exact) mass is 466 g/mol. The molecule has 8 nitrogen and oxygen atoms in total. The number of nitrogens with zero attached hydrogens (tertiary/aromatic N) is 4. The summed E-state index contributed by atoms with van der Waals surface area (Å²) in [5, 5.41) is 5.80. The Hall–Kier alpha value is -1.10. The van der Waals surface area contributed by atoms with Crippen molar-refractivity contribution in [3.63, 3.8) is 0 Å². The third-order valence-electron chi connectivity index (χ3n) is 4.76. The van der Waals surface area contributed by atoms with E-state index in [2.05, 4.69) is 39.3 Å². The molecular formula is C16H31IN6O2. The predicted molar refractivity (Wildman–Crippen MR) is 109 cm³/mol. The molecule has 2 N–H and O–H groups in total. The summed E-state index contributed by atoms with van der Waals surface area (Å²) in [7, 11) is 1.77. The SMILES string of the molecule is CCN(CC)CC1CCN(C(=NC)NCCN2C(=O)CNC2=O)C1.I. The van der Waals surface area contributed by atoms with Gasteiger partial charge in [-0.3, -0.25) is 14.7 Å². The smallest absolute Gasteiger partial charge is 0.324 e. The van der Waals surface area contributed by atoms with Gasteiger partial charge in [-0.2, -0.15) is 0 Å². The lowest BCUT2D eigenvalue weighted by atomic mass is 10.1. The number of nitrogens with one attached hydrogen (secondary N) is 2. The molecular weight excluding hydrogens is 435 g/mol. The Morgan fingerprint density at radius 1 is 1.36 bits per heavy atom. The number of urea groups is 1. The standard InChI is InChI=1S/C16H30N6O2.HI/c1-4-20(5-2)11-13-6-8-21(12-13)15(17-3)18-7-9-22-14(23)10-19-16(22)24;/h13H,4-12H2,1-3H3,(H,17,18)(H,19,24);1H. The Morgan fingerprint density at radius 3 is 2.64 bits per heavy atom. The first kappa shape index (κ1) is 21.9. The molecule has 9 heteroatoms. The van der Waals surface area contributed by atoms with Crippen molar-refractivity contribution in [2.75, 3.05) is 59.4 Å². The van der Waals surface area contributed by atoms with Gasteiger partial charge in [0.05, 0.1) is 6.54 Å². The van der Waals surface area contributed by atoms with Gasteiger partial charge in [0, 0.05) is 39.8 Å². The topological polar surface area (TPSA) is 80.3 Å². The maximum Gasteiger partial charge on any atom is 0.324 e.